The number of amides is 2. The Morgan fingerprint density at radius 1 is 1.03 bits per heavy atom. The maximum Gasteiger partial charge on any atom is 0.407 e. The molecule has 3 rings (SSSR count). The maximum absolute atomic E-state index is 12.2. The molecule has 1 fully saturated rings. The Balaban J connectivity index is 0.000000474. The number of ether oxygens (including phenoxy) is 1. The average Bonchev–Trinajstić information content (AvgIpc) is 2.84. The van der Waals surface area contributed by atoms with E-state index < -0.39 is 11.6 Å². The summed E-state index contributed by atoms with van der Waals surface area (Å²) < 4.78 is 29.1. The molecule has 38 heavy (non-hydrogen) atoms. The van der Waals surface area contributed by atoms with Crippen LogP contribution in [0, 0.1) is 18.6 Å². The van der Waals surface area contributed by atoms with Crippen molar-refractivity contribution in [3.8, 4) is 0 Å². The molecule has 3 N–H and O–H groups in total. The molecule has 0 unspecified atom stereocenters. The lowest BCUT2D eigenvalue weighted by atomic mass is 9.73. The average molecular weight is 532 g/mol. The number of hydrogen-bond acceptors (Lipinski definition) is 4. The highest BCUT2D eigenvalue weighted by molar-refractivity contribution is 5.72. The number of benzene rings is 2. The minimum absolute atomic E-state index is 0.00647. The van der Waals surface area contributed by atoms with Crippen LogP contribution in [0.5, 0.6) is 0 Å². The molecule has 1 saturated carbocycles. The van der Waals surface area contributed by atoms with Crippen LogP contribution in [0.3, 0.4) is 0 Å². The molecule has 1 aliphatic rings. The fourth-order valence-corrected chi connectivity index (χ4v) is 4.70. The van der Waals surface area contributed by atoms with Gasteiger partial charge in [0.15, 0.2) is 0 Å². The molecule has 0 spiro atoms. The standard InChI is InChI=1S/C23H37N3O3.C7H6F2/c1-17(27)24-14-7-15-25-23(12-10-20(11-13-23)26-21(28)29-5)19-9-6-8-18(16-19)22(2,3)4;1-5-2-6(8)4-7(9)3-5/h6,8-9,16,20,25H,7,10-15H2,1-5H3,(H,24,27)(H,26,28);2-4H,1H3. The molecule has 0 bridgehead atoms. The second kappa shape index (κ2) is 14.2. The van der Waals surface area contributed by atoms with Gasteiger partial charge in [0.25, 0.3) is 0 Å². The van der Waals surface area contributed by atoms with Crippen LogP contribution in [0.15, 0.2) is 42.5 Å². The molecule has 8 heteroatoms. The molecule has 0 radical (unpaired) electrons. The number of alkyl carbamates (subject to hydrolysis) is 1. The first kappa shape index (κ1) is 31.2. The Bertz CT molecular complexity index is 1010. The normalized spacial score (nSPS) is 19.1. The van der Waals surface area contributed by atoms with Gasteiger partial charge in [-0.15, -0.1) is 0 Å². The molecular weight excluding hydrogens is 488 g/mol. The van der Waals surface area contributed by atoms with Gasteiger partial charge in [-0.2, -0.15) is 0 Å². The minimum atomic E-state index is -0.521. The van der Waals surface area contributed by atoms with Gasteiger partial charge in [0.05, 0.1) is 7.11 Å². The third-order valence-corrected chi connectivity index (χ3v) is 6.83. The summed E-state index contributed by atoms with van der Waals surface area (Å²) in [5, 5.41) is 9.60. The van der Waals surface area contributed by atoms with Gasteiger partial charge in [0.1, 0.15) is 11.6 Å². The van der Waals surface area contributed by atoms with Gasteiger partial charge in [-0.25, -0.2) is 13.6 Å². The highest BCUT2D eigenvalue weighted by atomic mass is 19.1. The Kier molecular flexibility index (Phi) is 11.7. The van der Waals surface area contributed by atoms with Gasteiger partial charge < -0.3 is 20.7 Å². The third-order valence-electron chi connectivity index (χ3n) is 6.83. The van der Waals surface area contributed by atoms with Crippen molar-refractivity contribution in [1.29, 1.82) is 0 Å². The Labute approximate surface area is 225 Å². The van der Waals surface area contributed by atoms with Crippen LogP contribution in [0.4, 0.5) is 13.6 Å². The lowest BCUT2D eigenvalue weighted by molar-refractivity contribution is -0.118. The molecule has 0 aromatic heterocycles. The lowest BCUT2D eigenvalue weighted by Gasteiger charge is -2.42. The molecule has 0 saturated heterocycles. The first-order valence-electron chi connectivity index (χ1n) is 13.2. The van der Waals surface area contributed by atoms with Crippen LogP contribution in [0.1, 0.15) is 76.5 Å². The van der Waals surface area contributed by atoms with Crippen molar-refractivity contribution in [3.63, 3.8) is 0 Å². The topological polar surface area (TPSA) is 79.5 Å². The van der Waals surface area contributed by atoms with E-state index in [2.05, 4.69) is 61.0 Å². The van der Waals surface area contributed by atoms with Crippen molar-refractivity contribution in [2.75, 3.05) is 20.2 Å². The van der Waals surface area contributed by atoms with Gasteiger partial charge in [0, 0.05) is 31.1 Å². The number of halogens is 2. The van der Waals surface area contributed by atoms with Crippen LogP contribution in [0.25, 0.3) is 0 Å². The van der Waals surface area contributed by atoms with Crippen LogP contribution in [-0.2, 0) is 20.5 Å². The second-order valence-electron chi connectivity index (χ2n) is 11.0. The summed E-state index contributed by atoms with van der Waals surface area (Å²) in [6, 6.07) is 12.4. The van der Waals surface area contributed by atoms with Crippen molar-refractivity contribution >= 4 is 12.0 Å². The number of rotatable bonds is 7. The fourth-order valence-electron chi connectivity index (χ4n) is 4.70. The minimum Gasteiger partial charge on any atom is -0.453 e. The molecule has 1 aliphatic carbocycles. The summed E-state index contributed by atoms with van der Waals surface area (Å²) in [5.74, 6) is -1.04. The summed E-state index contributed by atoms with van der Waals surface area (Å²) in [6.07, 6.45) is 4.19. The van der Waals surface area contributed by atoms with E-state index in [1.807, 2.05) is 0 Å². The SMILES string of the molecule is COC(=O)NC1CCC(NCCCNC(C)=O)(c2cccc(C(C)(C)C)c2)CC1.Cc1cc(F)cc(F)c1. The van der Waals surface area contributed by atoms with Crippen molar-refractivity contribution in [2.45, 2.75) is 83.7 Å². The zero-order valence-electron chi connectivity index (χ0n) is 23.5. The van der Waals surface area contributed by atoms with Crippen molar-refractivity contribution in [1.82, 2.24) is 16.0 Å². The van der Waals surface area contributed by atoms with Crippen molar-refractivity contribution in [3.05, 3.63) is 70.8 Å². The van der Waals surface area contributed by atoms with Gasteiger partial charge in [-0.3, -0.25) is 4.79 Å². The van der Waals surface area contributed by atoms with Gasteiger partial charge in [0.2, 0.25) is 5.91 Å². The number of methoxy groups -OCH3 is 1. The molecule has 6 nitrogen and oxygen atoms in total. The number of carbonyl (C=O) groups is 2. The van der Waals surface area contributed by atoms with E-state index in [1.54, 1.807) is 13.8 Å². The highest BCUT2D eigenvalue weighted by Crippen LogP contribution is 2.39. The largest absolute Gasteiger partial charge is 0.453 e. The number of aryl methyl sites for hydroxylation is 1. The Hall–Kier alpha value is -3.00. The molecule has 2 amide bonds. The summed E-state index contributed by atoms with van der Waals surface area (Å²) in [4.78, 5) is 22.7. The summed E-state index contributed by atoms with van der Waals surface area (Å²) in [6.45, 7) is 11.4. The van der Waals surface area contributed by atoms with Crippen LogP contribution in [0.2, 0.25) is 0 Å². The van der Waals surface area contributed by atoms with E-state index >= 15 is 0 Å². The predicted molar refractivity (Wildman–Crippen MR) is 147 cm³/mol. The van der Waals surface area contributed by atoms with E-state index in [1.165, 1.54) is 30.4 Å². The molecule has 2 aromatic carbocycles. The van der Waals surface area contributed by atoms with E-state index in [0.29, 0.717) is 12.1 Å². The fraction of sp³-hybridized carbons (Fsp3) is 0.533. The first-order chi connectivity index (χ1) is 17.8. The first-order valence-corrected chi connectivity index (χ1v) is 13.2. The van der Waals surface area contributed by atoms with E-state index in [4.69, 9.17) is 4.74 Å². The molecule has 0 atom stereocenters. The molecule has 210 valence electrons. The monoisotopic (exact) mass is 531 g/mol. The van der Waals surface area contributed by atoms with E-state index in [0.717, 1.165) is 44.7 Å². The zero-order valence-corrected chi connectivity index (χ0v) is 23.5. The summed E-state index contributed by atoms with van der Waals surface area (Å²) >= 11 is 0. The van der Waals surface area contributed by atoms with Crippen LogP contribution < -0.4 is 16.0 Å². The quantitative estimate of drug-likeness (QED) is 0.391. The van der Waals surface area contributed by atoms with Crippen molar-refractivity contribution < 1.29 is 23.1 Å². The Morgan fingerprint density at radius 2 is 1.66 bits per heavy atom. The smallest absolute Gasteiger partial charge is 0.407 e. The molecule has 2 aromatic rings. The Morgan fingerprint density at radius 3 is 2.18 bits per heavy atom. The number of hydrogen-bond donors (Lipinski definition) is 3. The maximum atomic E-state index is 12.2. The van der Waals surface area contributed by atoms with Crippen LogP contribution in [-0.4, -0.2) is 38.2 Å². The van der Waals surface area contributed by atoms with Gasteiger partial charge in [-0.05, 0) is 79.8 Å². The highest BCUT2D eigenvalue weighted by Gasteiger charge is 2.37. The van der Waals surface area contributed by atoms with Crippen molar-refractivity contribution in [2.24, 2.45) is 0 Å². The molecule has 0 heterocycles. The molecule has 0 aliphatic heterocycles. The van der Waals surface area contributed by atoms with Gasteiger partial charge in [-0.1, -0.05) is 45.0 Å². The zero-order chi connectivity index (χ0) is 28.3. The van der Waals surface area contributed by atoms with Gasteiger partial charge >= 0.3 is 6.09 Å². The predicted octanol–water partition coefficient (Wildman–Crippen LogP) is 5.87. The van der Waals surface area contributed by atoms with E-state index in [-0.39, 0.29) is 29.0 Å². The van der Waals surface area contributed by atoms with Crippen LogP contribution >= 0.6 is 0 Å². The summed E-state index contributed by atoms with van der Waals surface area (Å²) in [5.41, 5.74) is 3.20. The second-order valence-corrected chi connectivity index (χ2v) is 11.0. The number of carbonyl (C=O) groups excluding carboxylic acids is 2. The molecular formula is C30H43F2N3O3. The summed E-state index contributed by atoms with van der Waals surface area (Å²) in [7, 11) is 1.40. The van der Waals surface area contributed by atoms with E-state index in [9.17, 15) is 18.4 Å². The number of nitrogens with one attached hydrogen (secondary N) is 3. The lowest BCUT2D eigenvalue weighted by Crippen LogP contribution is -2.50. The third kappa shape index (κ3) is 10.0.